The number of rotatable bonds is 7. The van der Waals surface area contributed by atoms with E-state index in [2.05, 4.69) is 10.6 Å². The molecule has 3 rings (SSSR count). The molecular formula is C19H19N3O5S. The molecular weight excluding hydrogens is 382 g/mol. The van der Waals surface area contributed by atoms with Crippen molar-refractivity contribution in [2.75, 3.05) is 31.3 Å². The molecule has 1 unspecified atom stereocenters. The summed E-state index contributed by atoms with van der Waals surface area (Å²) in [6.45, 7) is -0.267. The van der Waals surface area contributed by atoms with Crippen LogP contribution in [0.3, 0.4) is 0 Å². The molecule has 3 aromatic rings. The predicted octanol–water partition coefficient (Wildman–Crippen LogP) is 1.64. The lowest BCUT2D eigenvalue weighted by Crippen LogP contribution is -2.37. The summed E-state index contributed by atoms with van der Waals surface area (Å²) in [5.74, 6) is -0.723. The lowest BCUT2D eigenvalue weighted by molar-refractivity contribution is 0.0824. The van der Waals surface area contributed by atoms with Crippen molar-refractivity contribution in [2.45, 2.75) is 6.04 Å². The molecule has 0 aliphatic heterocycles. The highest BCUT2D eigenvalue weighted by Gasteiger charge is 2.26. The number of nitrogens with one attached hydrogen (secondary N) is 2. The van der Waals surface area contributed by atoms with Crippen molar-refractivity contribution in [3.05, 3.63) is 66.6 Å². The zero-order chi connectivity index (χ0) is 20.4. The Balaban J connectivity index is 1.90. The Bertz CT molecular complexity index is 1070. The molecule has 1 atom stereocenters. The molecule has 0 aliphatic carbocycles. The fraction of sp³-hybridized carbons (Fsp3) is 0.211. The van der Waals surface area contributed by atoms with E-state index in [4.69, 9.17) is 0 Å². The molecule has 1 amide bonds. The topological polar surface area (TPSA) is 119 Å². The molecule has 4 N–H and O–H groups in total. The first-order valence-electron chi connectivity index (χ1n) is 8.40. The molecule has 28 heavy (non-hydrogen) atoms. The molecule has 0 aliphatic rings. The number of phenols is 1. The lowest BCUT2D eigenvalue weighted by Gasteiger charge is -2.21. The molecule has 0 radical (unpaired) electrons. The number of carbonyl (C=O) groups is 1. The minimum absolute atomic E-state index is 0.0234. The monoisotopic (exact) mass is 401 g/mol. The molecule has 8 nitrogen and oxygen atoms in total. The van der Waals surface area contributed by atoms with E-state index in [1.54, 1.807) is 26.2 Å². The third-order valence-corrected chi connectivity index (χ3v) is 5.22. The largest absolute Gasteiger partial charge is 0.505 e. The predicted molar refractivity (Wildman–Crippen MR) is 109 cm³/mol. The van der Waals surface area contributed by atoms with E-state index < -0.39 is 22.8 Å². The summed E-state index contributed by atoms with van der Waals surface area (Å²) < 4.78 is 0. The van der Waals surface area contributed by atoms with Crippen LogP contribution in [0.1, 0.15) is 21.3 Å². The Morgan fingerprint density at radius 2 is 1.86 bits per heavy atom. The maximum Gasteiger partial charge on any atom is 0.257 e. The van der Waals surface area contributed by atoms with Gasteiger partial charge in [-0.2, -0.15) is 0 Å². The summed E-state index contributed by atoms with van der Waals surface area (Å²) in [5, 5.41) is 27.5. The summed E-state index contributed by atoms with van der Waals surface area (Å²) in [6.07, 6.45) is 0. The number of aromatic hydroxyl groups is 1. The zero-order valence-corrected chi connectivity index (χ0v) is 16.0. The van der Waals surface area contributed by atoms with E-state index in [-0.39, 0.29) is 35.0 Å². The number of phenolic OH excluding ortho intramolecular Hbond substituents is 1. The average Bonchev–Trinajstić information content (AvgIpc) is 3.22. The first-order chi connectivity index (χ1) is 13.3. The van der Waals surface area contributed by atoms with Crippen molar-refractivity contribution in [3.63, 3.8) is 0 Å². The normalized spacial score (nSPS) is 12.0. The molecule has 146 valence electrons. The van der Waals surface area contributed by atoms with Crippen molar-refractivity contribution in [1.82, 2.24) is 4.90 Å². The minimum Gasteiger partial charge on any atom is -0.505 e. The van der Waals surface area contributed by atoms with Crippen LogP contribution in [0.15, 0.2) is 45.3 Å². The average molecular weight is 401 g/mol. The van der Waals surface area contributed by atoms with Gasteiger partial charge < -0.3 is 25.7 Å². The maximum absolute atomic E-state index is 12.1. The van der Waals surface area contributed by atoms with E-state index in [1.807, 2.05) is 11.4 Å². The quantitative estimate of drug-likeness (QED) is 0.351. The number of hydrogen-bond acceptors (Lipinski definition) is 8. The van der Waals surface area contributed by atoms with Crippen LogP contribution in [0.4, 0.5) is 17.1 Å². The van der Waals surface area contributed by atoms with Gasteiger partial charge in [-0.15, -0.1) is 11.3 Å². The van der Waals surface area contributed by atoms with Crippen molar-refractivity contribution < 1.29 is 15.0 Å². The number of thiophene rings is 1. The Morgan fingerprint density at radius 3 is 2.46 bits per heavy atom. The highest BCUT2D eigenvalue weighted by Crippen LogP contribution is 2.33. The van der Waals surface area contributed by atoms with Gasteiger partial charge in [0.25, 0.3) is 16.8 Å². The summed E-state index contributed by atoms with van der Waals surface area (Å²) >= 11 is 1.41. The van der Waals surface area contributed by atoms with Gasteiger partial charge in [0.2, 0.25) is 0 Å². The van der Waals surface area contributed by atoms with Crippen molar-refractivity contribution in [3.8, 4) is 5.75 Å². The second-order valence-corrected chi connectivity index (χ2v) is 7.31. The number of amides is 1. The van der Waals surface area contributed by atoms with Crippen LogP contribution in [-0.2, 0) is 0 Å². The zero-order valence-electron chi connectivity index (χ0n) is 15.2. The van der Waals surface area contributed by atoms with E-state index in [0.29, 0.717) is 0 Å². The van der Waals surface area contributed by atoms with Gasteiger partial charge in [-0.25, -0.2) is 0 Å². The van der Waals surface area contributed by atoms with Gasteiger partial charge in [0.15, 0.2) is 5.75 Å². The van der Waals surface area contributed by atoms with Crippen molar-refractivity contribution in [2.24, 2.45) is 0 Å². The Morgan fingerprint density at radius 1 is 1.14 bits per heavy atom. The number of para-hydroxylation sites is 1. The molecule has 0 saturated carbocycles. The third-order valence-electron chi connectivity index (χ3n) is 4.23. The van der Waals surface area contributed by atoms with Crippen molar-refractivity contribution >= 4 is 34.3 Å². The first-order valence-corrected chi connectivity index (χ1v) is 9.27. The summed E-state index contributed by atoms with van der Waals surface area (Å²) in [5.41, 5.74) is -1.26. The fourth-order valence-electron chi connectivity index (χ4n) is 2.71. The van der Waals surface area contributed by atoms with Crippen LogP contribution >= 0.6 is 11.3 Å². The maximum atomic E-state index is 12.1. The highest BCUT2D eigenvalue weighted by molar-refractivity contribution is 7.10. The molecule has 1 heterocycles. The molecule has 0 bridgehead atoms. The second kappa shape index (κ2) is 7.83. The van der Waals surface area contributed by atoms with Gasteiger partial charge in [0.05, 0.1) is 23.9 Å². The number of carbonyl (C=O) groups excluding carboxylic acids is 1. The van der Waals surface area contributed by atoms with Gasteiger partial charge in [-0.05, 0) is 23.6 Å². The molecule has 2 aromatic carbocycles. The Kier molecular flexibility index (Phi) is 5.48. The minimum atomic E-state index is -0.742. The first kappa shape index (κ1) is 19.6. The highest BCUT2D eigenvalue weighted by atomic mass is 32.1. The lowest BCUT2D eigenvalue weighted by atomic mass is 10.1. The number of aliphatic hydroxyl groups excluding tert-OH is 1. The van der Waals surface area contributed by atoms with Crippen LogP contribution in [0, 0.1) is 0 Å². The molecule has 0 spiro atoms. The van der Waals surface area contributed by atoms with Crippen LogP contribution < -0.4 is 21.5 Å². The van der Waals surface area contributed by atoms with Crippen LogP contribution in [0.5, 0.6) is 5.75 Å². The van der Waals surface area contributed by atoms with Gasteiger partial charge >= 0.3 is 0 Å². The van der Waals surface area contributed by atoms with Gasteiger partial charge in [0.1, 0.15) is 11.4 Å². The van der Waals surface area contributed by atoms with Gasteiger partial charge in [-0.3, -0.25) is 14.4 Å². The smallest absolute Gasteiger partial charge is 0.257 e. The molecule has 9 heteroatoms. The molecule has 1 aromatic heterocycles. The summed E-state index contributed by atoms with van der Waals surface area (Å²) in [7, 11) is 3.11. The Hall–Kier alpha value is -3.17. The van der Waals surface area contributed by atoms with E-state index in [0.717, 1.165) is 4.88 Å². The second-order valence-electron chi connectivity index (χ2n) is 6.33. The number of benzene rings is 1. The number of aliphatic hydroxyl groups is 1. The van der Waals surface area contributed by atoms with Crippen LogP contribution in [0.2, 0.25) is 0 Å². The SMILES string of the molecule is CN(C)C(=O)c1cccc(Nc2c(NC(CO)c3cccs3)c(=O)c2=O)c1O. The van der Waals surface area contributed by atoms with E-state index in [9.17, 15) is 24.6 Å². The number of anilines is 3. The molecule has 0 saturated heterocycles. The summed E-state index contributed by atoms with van der Waals surface area (Å²) in [4.78, 5) is 38.3. The Labute approximate surface area is 164 Å². The van der Waals surface area contributed by atoms with Crippen LogP contribution in [-0.4, -0.2) is 41.7 Å². The van der Waals surface area contributed by atoms with Crippen molar-refractivity contribution in [1.29, 1.82) is 0 Å². The fourth-order valence-corrected chi connectivity index (χ4v) is 3.48. The van der Waals surface area contributed by atoms with E-state index >= 15 is 0 Å². The number of hydrogen-bond donors (Lipinski definition) is 4. The number of nitrogens with zero attached hydrogens (tertiary/aromatic N) is 1. The van der Waals surface area contributed by atoms with Gasteiger partial charge in [0, 0.05) is 19.0 Å². The molecule has 0 fully saturated rings. The summed E-state index contributed by atoms with van der Waals surface area (Å²) in [6, 6.07) is 7.59. The van der Waals surface area contributed by atoms with Crippen LogP contribution in [0.25, 0.3) is 0 Å². The van der Waals surface area contributed by atoms with Gasteiger partial charge in [-0.1, -0.05) is 12.1 Å². The van der Waals surface area contributed by atoms with E-state index in [1.165, 1.54) is 28.4 Å². The standard InChI is InChI=1S/C19H19N3O5S/c1-22(2)19(27)10-5-3-6-11(16(10)24)20-14-15(18(26)17(14)25)21-12(9-23)13-7-4-8-28-13/h3-8,12,20-21,23-24H,9H2,1-2H3. The third kappa shape index (κ3) is 3.49.